The molecule has 2 aliphatic heterocycles. The molecule has 0 amide bonds. The minimum absolute atomic E-state index is 0.0263. The standard InChI is InChI=1S/C28H35NO4/c1-19-8-6-12-22(30)14-15-26(31)33-28-18-29-25(17-21-10-4-3-5-11-21)24(28)16-20(2)27(32)23(28)13-7-9-19/h3-5,7,10-11,13-15,19,23-25,27,29,32H,2,6,8-9,12,16-18H2,1H3/b13-7+,15-14+/t19-,23?,24+,25+,27-,28-/m1/s1. The maximum atomic E-state index is 12.9. The molecule has 3 aliphatic rings. The molecule has 2 N–H and O–H groups in total. The number of carbonyl (C=O) groups excluding carboxylic acids is 2. The number of aliphatic hydroxyl groups excluding tert-OH is 1. The number of ether oxygens (including phenoxy) is 1. The highest BCUT2D eigenvalue weighted by Gasteiger charge is 2.60. The quantitative estimate of drug-likeness (QED) is 0.529. The summed E-state index contributed by atoms with van der Waals surface area (Å²) in [6, 6.07) is 10.3. The van der Waals surface area contributed by atoms with Gasteiger partial charge in [0.2, 0.25) is 0 Å². The molecular formula is C28H35NO4. The summed E-state index contributed by atoms with van der Waals surface area (Å²) in [7, 11) is 0. The average molecular weight is 450 g/mol. The fourth-order valence-electron chi connectivity index (χ4n) is 5.71. The van der Waals surface area contributed by atoms with E-state index >= 15 is 0 Å². The van der Waals surface area contributed by atoms with Gasteiger partial charge in [-0.05, 0) is 55.2 Å². The van der Waals surface area contributed by atoms with Crippen molar-refractivity contribution < 1.29 is 19.4 Å². The lowest BCUT2D eigenvalue weighted by Crippen LogP contribution is -2.57. The second-order valence-electron chi connectivity index (χ2n) is 9.95. The van der Waals surface area contributed by atoms with Crippen LogP contribution in [0.2, 0.25) is 0 Å². The van der Waals surface area contributed by atoms with Crippen LogP contribution in [0, 0.1) is 17.8 Å². The summed E-state index contributed by atoms with van der Waals surface area (Å²) in [5.74, 6) is -0.562. The minimum atomic E-state index is -0.894. The van der Waals surface area contributed by atoms with Crippen LogP contribution in [0.5, 0.6) is 0 Å². The molecular weight excluding hydrogens is 414 g/mol. The Labute approximate surface area is 196 Å². The maximum absolute atomic E-state index is 12.9. The number of ketones is 1. The van der Waals surface area contributed by atoms with E-state index in [2.05, 4.69) is 37.0 Å². The van der Waals surface area contributed by atoms with E-state index in [4.69, 9.17) is 4.74 Å². The Morgan fingerprint density at radius 1 is 1.21 bits per heavy atom. The van der Waals surface area contributed by atoms with Gasteiger partial charge in [-0.2, -0.15) is 0 Å². The highest BCUT2D eigenvalue weighted by Crippen LogP contribution is 2.49. The molecule has 2 fully saturated rings. The monoisotopic (exact) mass is 449 g/mol. The van der Waals surface area contributed by atoms with Crippen molar-refractivity contribution in [2.24, 2.45) is 17.8 Å². The van der Waals surface area contributed by atoms with Crippen molar-refractivity contribution in [2.45, 2.75) is 63.2 Å². The molecule has 6 atom stereocenters. The molecule has 0 radical (unpaired) electrons. The Morgan fingerprint density at radius 3 is 2.79 bits per heavy atom. The molecule has 0 bridgehead atoms. The molecule has 0 aromatic heterocycles. The molecule has 5 heteroatoms. The zero-order valence-electron chi connectivity index (χ0n) is 19.4. The van der Waals surface area contributed by atoms with Gasteiger partial charge in [-0.1, -0.05) is 56.0 Å². The Morgan fingerprint density at radius 2 is 2.00 bits per heavy atom. The van der Waals surface area contributed by atoms with Crippen LogP contribution in [0.15, 0.2) is 66.8 Å². The van der Waals surface area contributed by atoms with Crippen LogP contribution in [0.25, 0.3) is 0 Å². The zero-order valence-corrected chi connectivity index (χ0v) is 19.4. The van der Waals surface area contributed by atoms with E-state index < -0.39 is 17.7 Å². The van der Waals surface area contributed by atoms with E-state index in [1.807, 2.05) is 24.3 Å². The van der Waals surface area contributed by atoms with Gasteiger partial charge >= 0.3 is 5.97 Å². The Bertz CT molecular complexity index is 936. The maximum Gasteiger partial charge on any atom is 0.331 e. The highest BCUT2D eigenvalue weighted by atomic mass is 16.6. The van der Waals surface area contributed by atoms with Crippen LogP contribution in [-0.4, -0.2) is 41.2 Å². The predicted octanol–water partition coefficient (Wildman–Crippen LogP) is 3.93. The van der Waals surface area contributed by atoms with E-state index in [1.54, 1.807) is 0 Å². The first-order valence-electron chi connectivity index (χ1n) is 12.1. The van der Waals surface area contributed by atoms with Crippen molar-refractivity contribution in [3.8, 4) is 0 Å². The van der Waals surface area contributed by atoms with E-state index in [0.717, 1.165) is 31.3 Å². The van der Waals surface area contributed by atoms with E-state index in [0.29, 0.717) is 25.3 Å². The van der Waals surface area contributed by atoms with Crippen molar-refractivity contribution in [3.05, 3.63) is 72.4 Å². The summed E-state index contributed by atoms with van der Waals surface area (Å²) in [6.07, 6.45) is 10.4. The van der Waals surface area contributed by atoms with Crippen molar-refractivity contribution in [1.82, 2.24) is 5.32 Å². The molecule has 2 heterocycles. The van der Waals surface area contributed by atoms with Crippen molar-refractivity contribution in [1.29, 1.82) is 0 Å². The third kappa shape index (κ3) is 5.20. The molecule has 1 aromatic rings. The molecule has 1 unspecified atom stereocenters. The number of carbonyl (C=O) groups is 2. The number of aliphatic hydroxyl groups is 1. The number of benzene rings is 1. The smallest absolute Gasteiger partial charge is 0.331 e. The largest absolute Gasteiger partial charge is 0.453 e. The molecule has 1 saturated heterocycles. The lowest BCUT2D eigenvalue weighted by molar-refractivity contribution is -0.169. The van der Waals surface area contributed by atoms with Gasteiger partial charge in [0.25, 0.3) is 0 Å². The van der Waals surface area contributed by atoms with Gasteiger partial charge in [-0.25, -0.2) is 4.79 Å². The molecule has 1 spiro atoms. The van der Waals surface area contributed by atoms with Gasteiger partial charge in [-0.3, -0.25) is 4.79 Å². The molecule has 1 aromatic carbocycles. The van der Waals surface area contributed by atoms with E-state index in [9.17, 15) is 14.7 Å². The molecule has 1 aliphatic carbocycles. The number of nitrogens with one attached hydrogen (secondary N) is 1. The molecule has 1 saturated carbocycles. The van der Waals surface area contributed by atoms with Crippen LogP contribution in [0.4, 0.5) is 0 Å². The SMILES string of the molecule is C=C1C[C@H]2[C@H](Cc3ccccc3)NC[C@]23OC(=O)/C=C/C(=O)CCC[C@@H](C)C/C=C/C3[C@@H]1O. The Kier molecular flexibility index (Phi) is 7.30. The van der Waals surface area contributed by atoms with Gasteiger partial charge in [0.05, 0.1) is 6.10 Å². The van der Waals surface area contributed by atoms with Gasteiger partial charge < -0.3 is 15.2 Å². The average Bonchev–Trinajstić information content (AvgIpc) is 3.12. The summed E-state index contributed by atoms with van der Waals surface area (Å²) in [5.41, 5.74) is 1.10. The second-order valence-corrected chi connectivity index (χ2v) is 9.95. The number of hydrogen-bond donors (Lipinski definition) is 2. The van der Waals surface area contributed by atoms with Crippen LogP contribution < -0.4 is 5.32 Å². The zero-order chi connectivity index (χ0) is 23.4. The number of esters is 1. The van der Waals surface area contributed by atoms with E-state index in [-0.39, 0.29) is 23.7 Å². The first-order valence-corrected chi connectivity index (χ1v) is 12.1. The topological polar surface area (TPSA) is 75.6 Å². The number of rotatable bonds is 2. The van der Waals surface area contributed by atoms with Gasteiger partial charge in [0, 0.05) is 36.9 Å². The lowest BCUT2D eigenvalue weighted by Gasteiger charge is -2.47. The first kappa shape index (κ1) is 23.7. The molecule has 4 rings (SSSR count). The molecule has 33 heavy (non-hydrogen) atoms. The first-order chi connectivity index (χ1) is 15.9. The predicted molar refractivity (Wildman–Crippen MR) is 128 cm³/mol. The fraction of sp³-hybridized carbons (Fsp3) is 0.500. The number of allylic oxidation sites excluding steroid dienone is 2. The van der Waals surface area contributed by atoms with Crippen LogP contribution in [0.1, 0.15) is 44.6 Å². The molecule has 5 nitrogen and oxygen atoms in total. The van der Waals surface area contributed by atoms with Crippen LogP contribution >= 0.6 is 0 Å². The third-order valence-electron chi connectivity index (χ3n) is 7.55. The van der Waals surface area contributed by atoms with Gasteiger partial charge in [0.1, 0.15) is 5.60 Å². The Balaban J connectivity index is 1.69. The molecule has 176 valence electrons. The summed E-state index contributed by atoms with van der Waals surface area (Å²) >= 11 is 0. The van der Waals surface area contributed by atoms with E-state index in [1.165, 1.54) is 17.7 Å². The van der Waals surface area contributed by atoms with Gasteiger partial charge in [0.15, 0.2) is 5.78 Å². The van der Waals surface area contributed by atoms with Crippen molar-refractivity contribution in [2.75, 3.05) is 6.54 Å². The summed E-state index contributed by atoms with van der Waals surface area (Å²) in [4.78, 5) is 25.1. The summed E-state index contributed by atoms with van der Waals surface area (Å²) in [5, 5.41) is 14.7. The lowest BCUT2D eigenvalue weighted by atomic mass is 9.64. The summed E-state index contributed by atoms with van der Waals surface area (Å²) in [6.45, 7) is 6.81. The highest BCUT2D eigenvalue weighted by molar-refractivity contribution is 5.95. The van der Waals surface area contributed by atoms with Crippen LogP contribution in [0.3, 0.4) is 0 Å². The normalized spacial score (nSPS) is 37.4. The fourth-order valence-corrected chi connectivity index (χ4v) is 5.71. The minimum Gasteiger partial charge on any atom is -0.453 e. The van der Waals surface area contributed by atoms with Crippen LogP contribution in [-0.2, 0) is 20.7 Å². The second kappa shape index (κ2) is 10.2. The third-order valence-corrected chi connectivity index (χ3v) is 7.55. The number of hydrogen-bond acceptors (Lipinski definition) is 5. The Hall–Kier alpha value is -2.50. The summed E-state index contributed by atoms with van der Waals surface area (Å²) < 4.78 is 6.18. The van der Waals surface area contributed by atoms with Crippen molar-refractivity contribution >= 4 is 11.8 Å². The van der Waals surface area contributed by atoms with Gasteiger partial charge in [-0.15, -0.1) is 0 Å². The van der Waals surface area contributed by atoms with Crippen molar-refractivity contribution in [3.63, 3.8) is 0 Å².